The molecule has 4 rings (SSSR count). The van der Waals surface area contributed by atoms with Crippen LogP contribution in [0.5, 0.6) is 5.75 Å². The van der Waals surface area contributed by atoms with Gasteiger partial charge in [0.25, 0.3) is 5.91 Å². The van der Waals surface area contributed by atoms with Gasteiger partial charge in [0.15, 0.2) is 6.04 Å². The molecule has 3 atom stereocenters. The van der Waals surface area contributed by atoms with Crippen molar-refractivity contribution >= 4 is 17.5 Å². The summed E-state index contributed by atoms with van der Waals surface area (Å²) in [6, 6.07) is 8.49. The number of nitrogens with one attached hydrogen (secondary N) is 1. The Morgan fingerprint density at radius 2 is 1.86 bits per heavy atom. The van der Waals surface area contributed by atoms with E-state index in [0.717, 1.165) is 37.4 Å². The van der Waals surface area contributed by atoms with Crippen LogP contribution in [0.25, 0.3) is 0 Å². The van der Waals surface area contributed by atoms with Gasteiger partial charge >= 0.3 is 0 Å². The highest BCUT2D eigenvalue weighted by molar-refractivity contribution is 5.87. The molecule has 1 aromatic carbocycles. The van der Waals surface area contributed by atoms with Crippen LogP contribution in [0.1, 0.15) is 32.1 Å². The Hall–Kier alpha value is -2.28. The SMILES string of the molecule is COc1ccc(N2CCN(C(=O)C[C@H]3[NH2+][C@H]4CCCC[C@H]4NC3=O)CC2)cc1. The van der Waals surface area contributed by atoms with Crippen LogP contribution in [0.4, 0.5) is 5.69 Å². The number of hydrogen-bond donors (Lipinski definition) is 2. The summed E-state index contributed by atoms with van der Waals surface area (Å²) in [6.45, 7) is 3.02. The lowest BCUT2D eigenvalue weighted by molar-refractivity contribution is -0.718. The van der Waals surface area contributed by atoms with Gasteiger partial charge in [-0.05, 0) is 37.1 Å². The zero-order chi connectivity index (χ0) is 19.5. The third kappa shape index (κ3) is 4.09. The lowest BCUT2D eigenvalue weighted by Crippen LogP contribution is -3.03. The van der Waals surface area contributed by atoms with Crippen molar-refractivity contribution in [1.82, 2.24) is 10.2 Å². The lowest BCUT2D eigenvalue weighted by Gasteiger charge is -2.39. The fourth-order valence-corrected chi connectivity index (χ4v) is 4.73. The minimum absolute atomic E-state index is 0.0355. The average molecular weight is 388 g/mol. The van der Waals surface area contributed by atoms with Gasteiger partial charge in [-0.15, -0.1) is 0 Å². The van der Waals surface area contributed by atoms with Crippen LogP contribution in [0.15, 0.2) is 24.3 Å². The minimum Gasteiger partial charge on any atom is -0.497 e. The second-order valence-corrected chi connectivity index (χ2v) is 8.13. The number of quaternary nitrogens is 1. The standard InChI is InChI=1S/C21H30N4O3/c1-28-16-8-6-15(7-9-16)24-10-12-25(13-11-24)20(26)14-19-21(27)23-18-5-3-2-4-17(18)22-19/h6-9,17-19,22H,2-5,10-14H2,1H3,(H,23,27)/p+1/t17-,18+,19+/m0/s1. The molecule has 2 aliphatic heterocycles. The van der Waals surface area contributed by atoms with Crippen molar-refractivity contribution in [2.45, 2.75) is 50.2 Å². The van der Waals surface area contributed by atoms with Crippen LogP contribution in [-0.4, -0.2) is 68.1 Å². The van der Waals surface area contributed by atoms with Crippen molar-refractivity contribution in [3.05, 3.63) is 24.3 Å². The highest BCUT2D eigenvalue weighted by Crippen LogP contribution is 2.21. The molecule has 3 fully saturated rings. The highest BCUT2D eigenvalue weighted by Gasteiger charge is 2.41. The number of piperazine rings is 2. The Bertz CT molecular complexity index is 700. The van der Waals surface area contributed by atoms with Crippen molar-refractivity contribution in [3.63, 3.8) is 0 Å². The van der Waals surface area contributed by atoms with E-state index in [4.69, 9.17) is 4.74 Å². The topological polar surface area (TPSA) is 78.5 Å². The quantitative estimate of drug-likeness (QED) is 0.769. The number of carbonyl (C=O) groups excluding carboxylic acids is 2. The molecule has 1 aliphatic carbocycles. The molecular weight excluding hydrogens is 356 g/mol. The third-order valence-electron chi connectivity index (χ3n) is 6.43. The first-order valence-corrected chi connectivity index (χ1v) is 10.5. The Balaban J connectivity index is 1.28. The summed E-state index contributed by atoms with van der Waals surface area (Å²) in [7, 11) is 1.66. The number of ether oxygens (including phenoxy) is 1. The van der Waals surface area contributed by atoms with Crippen molar-refractivity contribution < 1.29 is 19.6 Å². The van der Waals surface area contributed by atoms with Gasteiger partial charge in [-0.25, -0.2) is 0 Å². The van der Waals surface area contributed by atoms with Crippen molar-refractivity contribution in [3.8, 4) is 5.75 Å². The van der Waals surface area contributed by atoms with E-state index in [1.807, 2.05) is 17.0 Å². The lowest BCUT2D eigenvalue weighted by atomic mass is 9.87. The fraction of sp³-hybridized carbons (Fsp3) is 0.619. The molecule has 1 aromatic rings. The number of anilines is 1. The first-order chi connectivity index (χ1) is 13.6. The normalized spacial score (nSPS) is 27.8. The fourth-order valence-electron chi connectivity index (χ4n) is 4.73. The molecule has 2 amide bonds. The number of methoxy groups -OCH3 is 1. The molecule has 0 aromatic heterocycles. The van der Waals surface area contributed by atoms with Crippen LogP contribution in [0.3, 0.4) is 0 Å². The number of fused-ring (bicyclic) bond motifs is 1. The molecule has 1 saturated carbocycles. The molecule has 7 nitrogen and oxygen atoms in total. The largest absolute Gasteiger partial charge is 0.497 e. The van der Waals surface area contributed by atoms with Gasteiger partial charge in [0.05, 0.1) is 19.6 Å². The first kappa shape index (κ1) is 19.1. The summed E-state index contributed by atoms with van der Waals surface area (Å²) < 4.78 is 5.21. The van der Waals surface area contributed by atoms with Crippen molar-refractivity contribution in [2.24, 2.45) is 0 Å². The number of carbonyl (C=O) groups is 2. The smallest absolute Gasteiger partial charge is 0.279 e. The van der Waals surface area contributed by atoms with Crippen LogP contribution < -0.4 is 20.3 Å². The zero-order valence-electron chi connectivity index (χ0n) is 16.6. The van der Waals surface area contributed by atoms with E-state index in [9.17, 15) is 9.59 Å². The van der Waals surface area contributed by atoms with E-state index in [1.54, 1.807) is 7.11 Å². The molecule has 0 radical (unpaired) electrons. The van der Waals surface area contributed by atoms with E-state index in [1.165, 1.54) is 12.8 Å². The third-order valence-corrected chi connectivity index (χ3v) is 6.43. The maximum absolute atomic E-state index is 12.8. The van der Waals surface area contributed by atoms with Crippen LogP contribution >= 0.6 is 0 Å². The molecule has 0 spiro atoms. The second-order valence-electron chi connectivity index (χ2n) is 8.13. The van der Waals surface area contributed by atoms with Gasteiger partial charge in [0.2, 0.25) is 5.91 Å². The summed E-state index contributed by atoms with van der Waals surface area (Å²) in [5.74, 6) is 0.980. The van der Waals surface area contributed by atoms with Gasteiger partial charge < -0.3 is 25.2 Å². The predicted molar refractivity (Wildman–Crippen MR) is 106 cm³/mol. The van der Waals surface area contributed by atoms with E-state index < -0.39 is 0 Å². The molecule has 3 aliphatic rings. The zero-order valence-corrected chi connectivity index (χ0v) is 16.6. The summed E-state index contributed by atoms with van der Waals surface area (Å²) >= 11 is 0. The summed E-state index contributed by atoms with van der Waals surface area (Å²) in [4.78, 5) is 29.4. The second kappa shape index (κ2) is 8.39. The molecule has 7 heteroatoms. The van der Waals surface area contributed by atoms with Gasteiger partial charge in [-0.1, -0.05) is 6.42 Å². The van der Waals surface area contributed by atoms with Crippen molar-refractivity contribution in [2.75, 3.05) is 38.2 Å². The summed E-state index contributed by atoms with van der Waals surface area (Å²) in [6.07, 6.45) is 4.92. The van der Waals surface area contributed by atoms with Crippen LogP contribution in [0, 0.1) is 0 Å². The Morgan fingerprint density at radius 3 is 2.57 bits per heavy atom. The molecule has 2 saturated heterocycles. The van der Waals surface area contributed by atoms with Crippen LogP contribution in [0.2, 0.25) is 0 Å². The number of nitrogens with two attached hydrogens (primary N) is 1. The highest BCUT2D eigenvalue weighted by atomic mass is 16.5. The van der Waals surface area contributed by atoms with Gasteiger partial charge in [0.1, 0.15) is 11.8 Å². The number of hydrogen-bond acceptors (Lipinski definition) is 4. The number of nitrogens with zero attached hydrogens (tertiary/aromatic N) is 2. The predicted octanol–water partition coefficient (Wildman–Crippen LogP) is 0.107. The van der Waals surface area contributed by atoms with E-state index in [0.29, 0.717) is 31.6 Å². The average Bonchev–Trinajstić information content (AvgIpc) is 2.74. The van der Waals surface area contributed by atoms with E-state index >= 15 is 0 Å². The van der Waals surface area contributed by atoms with Gasteiger partial charge in [-0.2, -0.15) is 0 Å². The molecule has 152 valence electrons. The Labute approximate surface area is 166 Å². The molecule has 28 heavy (non-hydrogen) atoms. The molecule has 3 N–H and O–H groups in total. The molecule has 2 heterocycles. The van der Waals surface area contributed by atoms with E-state index in [-0.39, 0.29) is 17.9 Å². The summed E-state index contributed by atoms with van der Waals surface area (Å²) in [5, 5.41) is 5.32. The van der Waals surface area contributed by atoms with Crippen LogP contribution in [-0.2, 0) is 9.59 Å². The monoisotopic (exact) mass is 387 g/mol. The number of amides is 2. The maximum Gasteiger partial charge on any atom is 0.279 e. The summed E-state index contributed by atoms with van der Waals surface area (Å²) in [5.41, 5.74) is 1.15. The molecule has 0 unspecified atom stereocenters. The maximum atomic E-state index is 12.8. The Kier molecular flexibility index (Phi) is 5.71. The minimum atomic E-state index is -0.272. The Morgan fingerprint density at radius 1 is 1.14 bits per heavy atom. The van der Waals surface area contributed by atoms with E-state index in [2.05, 4.69) is 27.7 Å². The molecular formula is C21H31N4O3+. The van der Waals surface area contributed by atoms with Gasteiger partial charge in [0, 0.05) is 38.3 Å². The number of rotatable bonds is 4. The number of benzene rings is 1. The first-order valence-electron chi connectivity index (χ1n) is 10.5. The molecule has 0 bridgehead atoms. The van der Waals surface area contributed by atoms with Gasteiger partial charge in [-0.3, -0.25) is 9.59 Å². The van der Waals surface area contributed by atoms with Crippen molar-refractivity contribution in [1.29, 1.82) is 0 Å².